The van der Waals surface area contributed by atoms with Gasteiger partial charge in [-0.1, -0.05) is 12.1 Å². The van der Waals surface area contributed by atoms with Gasteiger partial charge in [-0.2, -0.15) is 0 Å². The standard InChI is InChI=1S/C12H12N2O2S/c1-16-10-6-7-17-11(10)12(15)14-9-5-3-2-4-8(9)13/h2-7H,13H2,1H3,(H,14,15). The molecule has 0 aliphatic heterocycles. The van der Waals surface area contributed by atoms with Crippen molar-refractivity contribution in [1.29, 1.82) is 0 Å². The molecular formula is C12H12N2O2S. The number of hydrogen-bond acceptors (Lipinski definition) is 4. The minimum Gasteiger partial charge on any atom is -0.495 e. The lowest BCUT2D eigenvalue weighted by Crippen LogP contribution is -2.12. The summed E-state index contributed by atoms with van der Waals surface area (Å²) in [5.74, 6) is 0.358. The first-order chi connectivity index (χ1) is 8.22. The first-order valence-electron chi connectivity index (χ1n) is 4.99. The zero-order valence-corrected chi connectivity index (χ0v) is 10.1. The summed E-state index contributed by atoms with van der Waals surface area (Å²) in [6.07, 6.45) is 0. The maximum atomic E-state index is 12.0. The van der Waals surface area contributed by atoms with E-state index in [0.717, 1.165) is 0 Å². The molecule has 0 bridgehead atoms. The van der Waals surface area contributed by atoms with Gasteiger partial charge in [0.05, 0.1) is 18.5 Å². The Morgan fingerprint density at radius 2 is 2.12 bits per heavy atom. The molecule has 0 saturated heterocycles. The van der Waals surface area contributed by atoms with Gasteiger partial charge < -0.3 is 15.8 Å². The number of hydrogen-bond donors (Lipinski definition) is 2. The molecule has 0 saturated carbocycles. The first-order valence-corrected chi connectivity index (χ1v) is 5.87. The Kier molecular flexibility index (Phi) is 3.30. The van der Waals surface area contributed by atoms with Gasteiger partial charge in [-0.25, -0.2) is 0 Å². The molecule has 1 aromatic heterocycles. The highest BCUT2D eigenvalue weighted by Crippen LogP contribution is 2.26. The molecule has 2 aromatic rings. The van der Waals surface area contributed by atoms with Gasteiger partial charge in [0, 0.05) is 0 Å². The SMILES string of the molecule is COc1ccsc1C(=O)Nc1ccccc1N. The van der Waals surface area contributed by atoms with Crippen LogP contribution in [-0.4, -0.2) is 13.0 Å². The van der Waals surface area contributed by atoms with Crippen LogP contribution in [0.25, 0.3) is 0 Å². The van der Waals surface area contributed by atoms with Crippen molar-refractivity contribution in [2.75, 3.05) is 18.2 Å². The van der Waals surface area contributed by atoms with E-state index in [-0.39, 0.29) is 5.91 Å². The third kappa shape index (κ3) is 2.39. The van der Waals surface area contributed by atoms with Crippen LogP contribution in [0.1, 0.15) is 9.67 Å². The van der Waals surface area contributed by atoms with Gasteiger partial charge in [0.15, 0.2) is 0 Å². The Morgan fingerprint density at radius 1 is 1.35 bits per heavy atom. The van der Waals surface area contributed by atoms with E-state index in [1.165, 1.54) is 18.4 Å². The number of methoxy groups -OCH3 is 1. The third-order valence-electron chi connectivity index (χ3n) is 2.26. The van der Waals surface area contributed by atoms with E-state index in [9.17, 15) is 4.79 Å². The monoisotopic (exact) mass is 248 g/mol. The second-order valence-corrected chi connectivity index (χ2v) is 4.28. The van der Waals surface area contributed by atoms with Crippen LogP contribution in [0.4, 0.5) is 11.4 Å². The molecule has 0 aliphatic rings. The molecule has 4 nitrogen and oxygen atoms in total. The maximum absolute atomic E-state index is 12.0. The second kappa shape index (κ2) is 4.88. The summed E-state index contributed by atoms with van der Waals surface area (Å²) in [7, 11) is 1.54. The number of amides is 1. The number of ether oxygens (including phenoxy) is 1. The van der Waals surface area contributed by atoms with Crippen molar-refractivity contribution in [1.82, 2.24) is 0 Å². The maximum Gasteiger partial charge on any atom is 0.269 e. The third-order valence-corrected chi connectivity index (χ3v) is 3.16. The minimum absolute atomic E-state index is 0.213. The Morgan fingerprint density at radius 3 is 2.82 bits per heavy atom. The van der Waals surface area contributed by atoms with E-state index < -0.39 is 0 Å². The van der Waals surface area contributed by atoms with Gasteiger partial charge >= 0.3 is 0 Å². The number of para-hydroxylation sites is 2. The number of nitrogens with two attached hydrogens (primary N) is 1. The van der Waals surface area contributed by atoms with E-state index in [1.807, 2.05) is 17.5 Å². The molecule has 0 spiro atoms. The Hall–Kier alpha value is -2.01. The molecule has 1 amide bonds. The lowest BCUT2D eigenvalue weighted by Gasteiger charge is -2.07. The summed E-state index contributed by atoms with van der Waals surface area (Å²) < 4.78 is 5.09. The van der Waals surface area contributed by atoms with E-state index >= 15 is 0 Å². The van der Waals surface area contributed by atoms with Crippen molar-refractivity contribution >= 4 is 28.6 Å². The number of thiophene rings is 1. The summed E-state index contributed by atoms with van der Waals surface area (Å²) in [4.78, 5) is 12.5. The van der Waals surface area contributed by atoms with Crippen molar-refractivity contribution in [3.05, 3.63) is 40.6 Å². The molecule has 0 aliphatic carbocycles. The molecule has 88 valence electrons. The van der Waals surface area contributed by atoms with Crippen molar-refractivity contribution in [2.24, 2.45) is 0 Å². The summed E-state index contributed by atoms with van der Waals surface area (Å²) in [6.45, 7) is 0. The summed E-state index contributed by atoms with van der Waals surface area (Å²) in [5, 5.41) is 4.56. The molecule has 0 atom stereocenters. The molecule has 2 rings (SSSR count). The molecule has 0 fully saturated rings. The summed E-state index contributed by atoms with van der Waals surface area (Å²) in [6, 6.07) is 8.89. The quantitative estimate of drug-likeness (QED) is 0.820. The highest BCUT2D eigenvalue weighted by Gasteiger charge is 2.14. The molecular weight excluding hydrogens is 236 g/mol. The topological polar surface area (TPSA) is 64.3 Å². The predicted octanol–water partition coefficient (Wildman–Crippen LogP) is 2.59. The van der Waals surface area contributed by atoms with Crippen LogP contribution >= 0.6 is 11.3 Å². The highest BCUT2D eigenvalue weighted by molar-refractivity contribution is 7.12. The normalized spacial score (nSPS) is 9.94. The van der Waals surface area contributed by atoms with Gasteiger partial charge in [0.1, 0.15) is 10.6 Å². The van der Waals surface area contributed by atoms with Gasteiger partial charge in [-0.05, 0) is 23.6 Å². The lowest BCUT2D eigenvalue weighted by atomic mass is 10.2. The molecule has 1 heterocycles. The van der Waals surface area contributed by atoms with E-state index in [1.54, 1.807) is 18.2 Å². The smallest absolute Gasteiger partial charge is 0.269 e. The van der Waals surface area contributed by atoms with Crippen LogP contribution in [0.5, 0.6) is 5.75 Å². The van der Waals surface area contributed by atoms with E-state index in [0.29, 0.717) is 22.0 Å². The van der Waals surface area contributed by atoms with Crippen LogP contribution in [0, 0.1) is 0 Å². The zero-order valence-electron chi connectivity index (χ0n) is 9.27. The van der Waals surface area contributed by atoms with Crippen molar-refractivity contribution in [3.8, 4) is 5.75 Å². The van der Waals surface area contributed by atoms with Gasteiger partial charge in [-0.15, -0.1) is 11.3 Å². The summed E-state index contributed by atoms with van der Waals surface area (Å²) >= 11 is 1.33. The molecule has 5 heteroatoms. The largest absolute Gasteiger partial charge is 0.495 e. The van der Waals surface area contributed by atoms with Crippen LogP contribution in [0.15, 0.2) is 35.7 Å². The average Bonchev–Trinajstić information content (AvgIpc) is 2.80. The fraction of sp³-hybridized carbons (Fsp3) is 0.0833. The van der Waals surface area contributed by atoms with Crippen molar-refractivity contribution in [2.45, 2.75) is 0 Å². The fourth-order valence-corrected chi connectivity index (χ4v) is 2.17. The number of rotatable bonds is 3. The second-order valence-electron chi connectivity index (χ2n) is 3.36. The number of carbonyl (C=O) groups is 1. The predicted molar refractivity (Wildman–Crippen MR) is 69.7 cm³/mol. The van der Waals surface area contributed by atoms with Crippen molar-refractivity contribution in [3.63, 3.8) is 0 Å². The Bertz CT molecular complexity index is 537. The van der Waals surface area contributed by atoms with Crippen molar-refractivity contribution < 1.29 is 9.53 Å². The van der Waals surface area contributed by atoms with Gasteiger partial charge in [0.2, 0.25) is 0 Å². The number of anilines is 2. The molecule has 17 heavy (non-hydrogen) atoms. The van der Waals surface area contributed by atoms with Crippen LogP contribution in [0.3, 0.4) is 0 Å². The lowest BCUT2D eigenvalue weighted by molar-refractivity contribution is 0.102. The Balaban J connectivity index is 2.20. The highest BCUT2D eigenvalue weighted by atomic mass is 32.1. The van der Waals surface area contributed by atoms with Gasteiger partial charge in [0.25, 0.3) is 5.91 Å². The van der Waals surface area contributed by atoms with E-state index in [4.69, 9.17) is 10.5 Å². The zero-order chi connectivity index (χ0) is 12.3. The molecule has 3 N–H and O–H groups in total. The van der Waals surface area contributed by atoms with Crippen LogP contribution in [0.2, 0.25) is 0 Å². The average molecular weight is 248 g/mol. The molecule has 1 aromatic carbocycles. The number of nitrogens with one attached hydrogen (secondary N) is 1. The van der Waals surface area contributed by atoms with E-state index in [2.05, 4.69) is 5.32 Å². The number of nitrogen functional groups attached to an aromatic ring is 1. The molecule has 0 radical (unpaired) electrons. The molecule has 0 unspecified atom stereocenters. The fourth-order valence-electron chi connectivity index (χ4n) is 1.41. The Labute approximate surface area is 103 Å². The van der Waals surface area contributed by atoms with Crippen LogP contribution in [-0.2, 0) is 0 Å². The number of benzene rings is 1. The van der Waals surface area contributed by atoms with Crippen LogP contribution < -0.4 is 15.8 Å². The summed E-state index contributed by atoms with van der Waals surface area (Å²) in [5.41, 5.74) is 6.89. The minimum atomic E-state index is -0.213. The van der Waals surface area contributed by atoms with Gasteiger partial charge in [-0.3, -0.25) is 4.79 Å². The number of carbonyl (C=O) groups excluding carboxylic acids is 1. The first kappa shape index (κ1) is 11.5.